The molecule has 0 atom stereocenters. The molecule has 0 radical (unpaired) electrons. The van der Waals surface area contributed by atoms with Crippen LogP contribution in [0.2, 0.25) is 0 Å². The van der Waals surface area contributed by atoms with Crippen molar-refractivity contribution in [2.45, 2.75) is 23.7 Å². The summed E-state index contributed by atoms with van der Waals surface area (Å²) in [6, 6.07) is 69.6. The molecule has 0 spiro atoms. The lowest BCUT2D eigenvalue weighted by Gasteiger charge is -2.42. The molecule has 0 saturated carbocycles. The van der Waals surface area contributed by atoms with E-state index < -0.39 is 0 Å². The molecule has 54 heavy (non-hydrogen) atoms. The Morgan fingerprint density at radius 2 is 0.426 bits per heavy atom. The standard InChI is InChI=1S/C54H34/c1-5-13-43-39(9-1)51-40-10-2-6-14-44(40)53(43)49-29-37-25-33(21-23-35(37)27-47(49)51)31-17-19-32(20-18-31)34-22-24-36-28-48-50(30-38(36)26-34)54-45-15-7-3-11-41(45)52(48)42-12-4-8-16-46(42)54/h1-30,51-54H. The number of hydrogen-bond donors (Lipinski definition) is 0. The lowest BCUT2D eigenvalue weighted by Crippen LogP contribution is -2.27. The van der Waals surface area contributed by atoms with Crippen LogP contribution in [0.3, 0.4) is 0 Å². The van der Waals surface area contributed by atoms with Crippen molar-refractivity contribution in [1.29, 1.82) is 0 Å². The van der Waals surface area contributed by atoms with Crippen molar-refractivity contribution < 1.29 is 0 Å². The molecule has 0 unspecified atom stereocenters. The van der Waals surface area contributed by atoms with Crippen molar-refractivity contribution in [1.82, 2.24) is 0 Å². The van der Waals surface area contributed by atoms with Crippen molar-refractivity contribution in [2.75, 3.05) is 0 Å². The third-order valence-corrected chi connectivity index (χ3v) is 13.4. The van der Waals surface area contributed by atoms with E-state index in [9.17, 15) is 0 Å². The van der Waals surface area contributed by atoms with Gasteiger partial charge in [0.15, 0.2) is 0 Å². The third kappa shape index (κ3) is 3.82. The summed E-state index contributed by atoms with van der Waals surface area (Å²) in [6.07, 6.45) is 0. The van der Waals surface area contributed by atoms with Crippen LogP contribution in [0.4, 0.5) is 0 Å². The van der Waals surface area contributed by atoms with Gasteiger partial charge < -0.3 is 0 Å². The fourth-order valence-electron chi connectivity index (χ4n) is 11.0. The van der Waals surface area contributed by atoms with Gasteiger partial charge in [-0.25, -0.2) is 0 Å². The van der Waals surface area contributed by atoms with E-state index in [0.717, 1.165) is 0 Å². The van der Waals surface area contributed by atoms with Crippen molar-refractivity contribution >= 4 is 21.5 Å². The van der Waals surface area contributed by atoms with Crippen LogP contribution in [0.5, 0.6) is 0 Å². The van der Waals surface area contributed by atoms with Crippen LogP contribution >= 0.6 is 0 Å². The molecule has 0 N–H and O–H groups in total. The van der Waals surface area contributed by atoms with E-state index in [-0.39, 0.29) is 0 Å². The van der Waals surface area contributed by atoms with Crippen molar-refractivity contribution in [3.63, 3.8) is 0 Å². The summed E-state index contributed by atoms with van der Waals surface area (Å²) in [5, 5.41) is 5.26. The largest absolute Gasteiger partial charge is 0.0619 e. The lowest BCUT2D eigenvalue weighted by atomic mass is 9.61. The molecule has 0 saturated heterocycles. The molecule has 6 aliphatic rings. The first-order valence-electron chi connectivity index (χ1n) is 19.4. The van der Waals surface area contributed by atoms with Gasteiger partial charge in [-0.15, -0.1) is 0 Å². The number of hydrogen-bond acceptors (Lipinski definition) is 0. The minimum atomic E-state index is 0.291. The minimum Gasteiger partial charge on any atom is -0.0619 e. The maximum atomic E-state index is 2.49. The fraction of sp³-hybridized carbons (Fsp3) is 0.0741. The first-order chi connectivity index (χ1) is 26.8. The molecule has 15 rings (SSSR count). The zero-order valence-electron chi connectivity index (χ0n) is 29.6. The third-order valence-electron chi connectivity index (χ3n) is 13.4. The van der Waals surface area contributed by atoms with Crippen LogP contribution < -0.4 is 0 Å². The summed E-state index contributed by atoms with van der Waals surface area (Å²) >= 11 is 0. The predicted molar refractivity (Wildman–Crippen MR) is 222 cm³/mol. The van der Waals surface area contributed by atoms with E-state index in [1.807, 2.05) is 0 Å². The van der Waals surface area contributed by atoms with Gasteiger partial charge in [0.2, 0.25) is 0 Å². The molecule has 4 bridgehead atoms. The van der Waals surface area contributed by atoms with E-state index in [1.54, 1.807) is 0 Å². The smallest absolute Gasteiger partial charge is 0.0349 e. The Morgan fingerprint density at radius 3 is 0.704 bits per heavy atom. The first kappa shape index (κ1) is 29.0. The second kappa shape index (κ2) is 10.6. The summed E-state index contributed by atoms with van der Waals surface area (Å²) in [5.74, 6) is 1.19. The Morgan fingerprint density at radius 1 is 0.185 bits per heavy atom. The van der Waals surface area contributed by atoms with Crippen LogP contribution in [-0.4, -0.2) is 0 Å². The predicted octanol–water partition coefficient (Wildman–Crippen LogP) is 13.3. The molecule has 0 fully saturated rings. The van der Waals surface area contributed by atoms with E-state index in [2.05, 4.69) is 182 Å². The molecule has 0 amide bonds. The van der Waals surface area contributed by atoms with E-state index in [4.69, 9.17) is 0 Å². The molecule has 0 heterocycles. The maximum absolute atomic E-state index is 2.49. The SMILES string of the molecule is c1ccc2c(c1)C1c3ccccc3C2c2cc3cc(-c4ccc(-c5ccc6cc7c(cc6c5)C5c6ccccc6C7c6ccccc65)cc4)ccc3cc21. The molecule has 0 nitrogen and oxygen atoms in total. The molecule has 0 heteroatoms. The van der Waals surface area contributed by atoms with Crippen molar-refractivity contribution in [2.24, 2.45) is 0 Å². The zero-order chi connectivity index (χ0) is 35.1. The van der Waals surface area contributed by atoms with Gasteiger partial charge in [-0.3, -0.25) is 0 Å². The van der Waals surface area contributed by atoms with Crippen molar-refractivity contribution in [3.05, 3.63) is 249 Å². The summed E-state index contributed by atoms with van der Waals surface area (Å²) in [7, 11) is 0. The highest BCUT2D eigenvalue weighted by Crippen LogP contribution is 2.58. The average Bonchev–Trinajstić information content (AvgIpc) is 3.24. The highest BCUT2D eigenvalue weighted by atomic mass is 14.4. The number of benzene rings is 9. The second-order valence-electron chi connectivity index (χ2n) is 15.9. The molecule has 9 aromatic rings. The molecular weight excluding hydrogens is 649 g/mol. The van der Waals surface area contributed by atoms with Crippen LogP contribution in [0.15, 0.2) is 182 Å². The lowest BCUT2D eigenvalue weighted by molar-refractivity contribution is 0.756. The molecule has 0 aromatic heterocycles. The van der Waals surface area contributed by atoms with Crippen LogP contribution in [0.25, 0.3) is 43.8 Å². The highest BCUT2D eigenvalue weighted by molar-refractivity contribution is 5.92. The molecule has 6 aliphatic carbocycles. The van der Waals surface area contributed by atoms with Gasteiger partial charge in [0, 0.05) is 23.7 Å². The Balaban J connectivity index is 0.857. The van der Waals surface area contributed by atoms with Gasteiger partial charge in [-0.05, 0) is 147 Å². The second-order valence-corrected chi connectivity index (χ2v) is 15.9. The monoisotopic (exact) mass is 682 g/mol. The van der Waals surface area contributed by atoms with Gasteiger partial charge in [0.1, 0.15) is 0 Å². The molecule has 0 aliphatic heterocycles. The maximum Gasteiger partial charge on any atom is 0.0349 e. The highest BCUT2D eigenvalue weighted by Gasteiger charge is 2.42. The Bertz CT molecular complexity index is 2770. The number of rotatable bonds is 2. The van der Waals surface area contributed by atoms with E-state index >= 15 is 0 Å². The van der Waals surface area contributed by atoms with Crippen molar-refractivity contribution in [3.8, 4) is 22.3 Å². The summed E-state index contributed by atoms with van der Waals surface area (Å²) in [4.78, 5) is 0. The summed E-state index contributed by atoms with van der Waals surface area (Å²) < 4.78 is 0. The first-order valence-corrected chi connectivity index (χ1v) is 19.4. The Hall–Kier alpha value is -6.50. The van der Waals surface area contributed by atoms with Crippen LogP contribution in [0, 0.1) is 0 Å². The molecule has 9 aromatic carbocycles. The zero-order valence-corrected chi connectivity index (χ0v) is 29.6. The van der Waals surface area contributed by atoms with Crippen LogP contribution in [-0.2, 0) is 0 Å². The van der Waals surface area contributed by atoms with Gasteiger partial charge >= 0.3 is 0 Å². The number of fused-ring (bicyclic) bond motifs is 2. The summed E-state index contributed by atoms with van der Waals surface area (Å²) in [6.45, 7) is 0. The quantitative estimate of drug-likeness (QED) is 0.170. The van der Waals surface area contributed by atoms with Crippen LogP contribution in [0.1, 0.15) is 90.4 Å². The van der Waals surface area contributed by atoms with Gasteiger partial charge in [-0.2, -0.15) is 0 Å². The molecule has 250 valence electrons. The van der Waals surface area contributed by atoms with E-state index in [0.29, 0.717) is 23.7 Å². The topological polar surface area (TPSA) is 0 Å². The minimum absolute atomic E-state index is 0.291. The average molecular weight is 683 g/mol. The Labute approximate surface area is 315 Å². The van der Waals surface area contributed by atoms with Gasteiger partial charge in [-0.1, -0.05) is 146 Å². The fourth-order valence-corrected chi connectivity index (χ4v) is 11.0. The van der Waals surface area contributed by atoms with Gasteiger partial charge in [0.05, 0.1) is 0 Å². The Kier molecular flexibility index (Phi) is 5.67. The van der Waals surface area contributed by atoms with Gasteiger partial charge in [0.25, 0.3) is 0 Å². The summed E-state index contributed by atoms with van der Waals surface area (Å²) in [5.41, 5.74) is 22.7. The molecular formula is C54H34. The van der Waals surface area contributed by atoms with E-state index in [1.165, 1.54) is 111 Å². The normalized spacial score (nSPS) is 19.1.